The second-order valence-corrected chi connectivity index (χ2v) is 6.52. The molecular weight excluding hydrogens is 236 g/mol. The van der Waals surface area contributed by atoms with Crippen LogP contribution in [-0.2, 0) is 6.54 Å². The first-order valence-corrected chi connectivity index (χ1v) is 7.70. The van der Waals surface area contributed by atoms with Crippen molar-refractivity contribution >= 4 is 0 Å². The van der Waals surface area contributed by atoms with Crippen molar-refractivity contribution in [3.8, 4) is 0 Å². The molecule has 0 bridgehead atoms. The fourth-order valence-electron chi connectivity index (χ4n) is 3.25. The Kier molecular flexibility index (Phi) is 3.94. The third-order valence-corrected chi connectivity index (χ3v) is 4.61. The smallest absolute Gasteiger partial charge is 0.117 e. The van der Waals surface area contributed by atoms with Gasteiger partial charge in [-0.3, -0.25) is 0 Å². The molecule has 1 saturated carbocycles. The van der Waals surface area contributed by atoms with Crippen LogP contribution in [0, 0.1) is 11.8 Å². The van der Waals surface area contributed by atoms with Gasteiger partial charge in [-0.05, 0) is 63.4 Å². The number of furan rings is 1. The Labute approximate surface area is 116 Å². The summed E-state index contributed by atoms with van der Waals surface area (Å²) in [5.74, 6) is 4.61. The second kappa shape index (κ2) is 5.68. The van der Waals surface area contributed by atoms with Gasteiger partial charge in [0, 0.05) is 12.5 Å². The molecule has 3 nitrogen and oxygen atoms in total. The number of hydrogen-bond donors (Lipinski definition) is 1. The van der Waals surface area contributed by atoms with Gasteiger partial charge in [0.05, 0.1) is 6.54 Å². The van der Waals surface area contributed by atoms with Crippen LogP contribution >= 0.6 is 0 Å². The van der Waals surface area contributed by atoms with E-state index in [0.29, 0.717) is 5.92 Å². The van der Waals surface area contributed by atoms with Crippen molar-refractivity contribution in [3.63, 3.8) is 0 Å². The summed E-state index contributed by atoms with van der Waals surface area (Å²) in [6.45, 7) is 6.78. The quantitative estimate of drug-likeness (QED) is 0.884. The largest absolute Gasteiger partial charge is 0.464 e. The molecule has 1 aromatic rings. The van der Waals surface area contributed by atoms with E-state index in [-0.39, 0.29) is 0 Å². The third-order valence-electron chi connectivity index (χ3n) is 4.61. The van der Waals surface area contributed by atoms with Gasteiger partial charge in [-0.2, -0.15) is 0 Å². The molecule has 3 rings (SSSR count). The molecule has 0 radical (unpaired) electrons. The van der Waals surface area contributed by atoms with Crippen molar-refractivity contribution in [1.82, 2.24) is 10.2 Å². The van der Waals surface area contributed by atoms with Crippen LogP contribution in [0.15, 0.2) is 16.5 Å². The summed E-state index contributed by atoms with van der Waals surface area (Å²) in [6, 6.07) is 4.31. The minimum Gasteiger partial charge on any atom is -0.464 e. The van der Waals surface area contributed by atoms with Crippen molar-refractivity contribution in [1.29, 1.82) is 0 Å². The third kappa shape index (κ3) is 3.40. The SMILES string of the molecule is CC1CC1c1ccc(CNCC2CCCN(C)C2)o1. The fourth-order valence-corrected chi connectivity index (χ4v) is 3.25. The lowest BCUT2D eigenvalue weighted by atomic mass is 9.98. The zero-order valence-corrected chi connectivity index (χ0v) is 12.2. The van der Waals surface area contributed by atoms with Gasteiger partial charge in [0.25, 0.3) is 0 Å². The molecule has 0 amide bonds. The van der Waals surface area contributed by atoms with Crippen LogP contribution in [-0.4, -0.2) is 31.6 Å². The number of likely N-dealkylation sites (tertiary alicyclic amines) is 1. The average molecular weight is 262 g/mol. The van der Waals surface area contributed by atoms with E-state index in [1.165, 1.54) is 38.1 Å². The highest BCUT2D eigenvalue weighted by atomic mass is 16.3. The van der Waals surface area contributed by atoms with Crippen molar-refractivity contribution in [2.24, 2.45) is 11.8 Å². The molecule has 3 heteroatoms. The lowest BCUT2D eigenvalue weighted by molar-refractivity contribution is 0.205. The van der Waals surface area contributed by atoms with E-state index in [9.17, 15) is 0 Å². The molecule has 2 fully saturated rings. The van der Waals surface area contributed by atoms with Crippen LogP contribution in [0.5, 0.6) is 0 Å². The number of hydrogen-bond acceptors (Lipinski definition) is 3. The average Bonchev–Trinajstić information content (AvgIpc) is 2.93. The standard InChI is InChI=1S/C16H26N2O/c1-12-8-15(12)16-6-5-14(19-16)10-17-9-13-4-3-7-18(2)11-13/h5-6,12-13,15,17H,3-4,7-11H2,1-2H3. The highest BCUT2D eigenvalue weighted by molar-refractivity contribution is 5.17. The second-order valence-electron chi connectivity index (χ2n) is 6.52. The Morgan fingerprint density at radius 1 is 1.42 bits per heavy atom. The van der Waals surface area contributed by atoms with Crippen LogP contribution in [0.3, 0.4) is 0 Å². The Morgan fingerprint density at radius 2 is 2.26 bits per heavy atom. The molecule has 1 aromatic heterocycles. The van der Waals surface area contributed by atoms with Gasteiger partial charge in [0.2, 0.25) is 0 Å². The van der Waals surface area contributed by atoms with E-state index in [1.807, 2.05) is 0 Å². The highest BCUT2D eigenvalue weighted by Gasteiger charge is 2.36. The fraction of sp³-hybridized carbons (Fsp3) is 0.750. The van der Waals surface area contributed by atoms with Crippen LogP contribution in [0.1, 0.15) is 43.6 Å². The molecule has 0 spiro atoms. The number of nitrogens with zero attached hydrogens (tertiary/aromatic N) is 1. The van der Waals surface area contributed by atoms with Gasteiger partial charge < -0.3 is 14.6 Å². The topological polar surface area (TPSA) is 28.4 Å². The number of piperidine rings is 1. The summed E-state index contributed by atoms with van der Waals surface area (Å²) >= 11 is 0. The predicted octanol–water partition coefficient (Wildman–Crippen LogP) is 2.83. The van der Waals surface area contributed by atoms with E-state index in [2.05, 4.69) is 36.3 Å². The van der Waals surface area contributed by atoms with Crippen LogP contribution < -0.4 is 5.32 Å². The van der Waals surface area contributed by atoms with E-state index in [1.54, 1.807) is 0 Å². The number of nitrogens with one attached hydrogen (secondary N) is 1. The number of rotatable bonds is 5. The van der Waals surface area contributed by atoms with Gasteiger partial charge >= 0.3 is 0 Å². The van der Waals surface area contributed by atoms with Crippen LogP contribution in [0.2, 0.25) is 0 Å². The van der Waals surface area contributed by atoms with Gasteiger partial charge in [0.1, 0.15) is 11.5 Å². The minimum absolute atomic E-state index is 0.695. The summed E-state index contributed by atoms with van der Waals surface area (Å²) in [7, 11) is 2.22. The molecule has 106 valence electrons. The van der Waals surface area contributed by atoms with E-state index < -0.39 is 0 Å². The van der Waals surface area contributed by atoms with Crippen molar-refractivity contribution in [2.75, 3.05) is 26.7 Å². The van der Waals surface area contributed by atoms with E-state index in [0.717, 1.165) is 30.7 Å². The minimum atomic E-state index is 0.695. The first kappa shape index (κ1) is 13.2. The van der Waals surface area contributed by atoms with Crippen LogP contribution in [0.25, 0.3) is 0 Å². The zero-order chi connectivity index (χ0) is 13.2. The van der Waals surface area contributed by atoms with Crippen LogP contribution in [0.4, 0.5) is 0 Å². The first-order chi connectivity index (χ1) is 9.22. The Morgan fingerprint density at radius 3 is 3.00 bits per heavy atom. The summed E-state index contributed by atoms with van der Waals surface area (Å²) in [5.41, 5.74) is 0. The molecule has 1 saturated heterocycles. The van der Waals surface area contributed by atoms with E-state index in [4.69, 9.17) is 4.42 Å². The van der Waals surface area contributed by atoms with Gasteiger partial charge in [0.15, 0.2) is 0 Å². The monoisotopic (exact) mass is 262 g/mol. The molecule has 2 heterocycles. The molecular formula is C16H26N2O. The highest BCUT2D eigenvalue weighted by Crippen LogP contribution is 2.47. The van der Waals surface area contributed by atoms with Crippen molar-refractivity contribution in [2.45, 2.75) is 38.6 Å². The molecule has 1 N–H and O–H groups in total. The predicted molar refractivity (Wildman–Crippen MR) is 77.2 cm³/mol. The van der Waals surface area contributed by atoms with Crippen molar-refractivity contribution in [3.05, 3.63) is 23.7 Å². The van der Waals surface area contributed by atoms with Gasteiger partial charge in [-0.15, -0.1) is 0 Å². The molecule has 3 atom stereocenters. The summed E-state index contributed by atoms with van der Waals surface area (Å²) in [6.07, 6.45) is 4.00. The lowest BCUT2D eigenvalue weighted by Crippen LogP contribution is -2.37. The Bertz CT molecular complexity index is 415. The zero-order valence-electron chi connectivity index (χ0n) is 12.2. The molecule has 0 aromatic carbocycles. The summed E-state index contributed by atoms with van der Waals surface area (Å²) < 4.78 is 5.92. The molecule has 1 aliphatic heterocycles. The Balaban J connectivity index is 1.41. The normalized spacial score (nSPS) is 31.6. The first-order valence-electron chi connectivity index (χ1n) is 7.70. The molecule has 1 aliphatic carbocycles. The van der Waals surface area contributed by atoms with Gasteiger partial charge in [-0.1, -0.05) is 6.92 Å². The summed E-state index contributed by atoms with van der Waals surface area (Å²) in [5, 5.41) is 3.56. The maximum absolute atomic E-state index is 5.92. The van der Waals surface area contributed by atoms with Gasteiger partial charge in [-0.25, -0.2) is 0 Å². The maximum Gasteiger partial charge on any atom is 0.117 e. The lowest BCUT2D eigenvalue weighted by Gasteiger charge is -2.29. The summed E-state index contributed by atoms with van der Waals surface area (Å²) in [4.78, 5) is 2.44. The molecule has 2 aliphatic rings. The molecule has 3 unspecified atom stereocenters. The molecule has 19 heavy (non-hydrogen) atoms. The maximum atomic E-state index is 5.92. The Hall–Kier alpha value is -0.800. The van der Waals surface area contributed by atoms with Crippen molar-refractivity contribution < 1.29 is 4.42 Å². The van der Waals surface area contributed by atoms with E-state index >= 15 is 0 Å².